The van der Waals surface area contributed by atoms with E-state index in [1.54, 1.807) is 24.1 Å². The van der Waals surface area contributed by atoms with Crippen molar-refractivity contribution in [1.82, 2.24) is 0 Å². The third-order valence-corrected chi connectivity index (χ3v) is 4.01. The van der Waals surface area contributed by atoms with E-state index in [-0.39, 0.29) is 4.90 Å². The van der Waals surface area contributed by atoms with Gasteiger partial charge < -0.3 is 10.6 Å². The van der Waals surface area contributed by atoms with Crippen molar-refractivity contribution in [3.63, 3.8) is 0 Å². The first-order chi connectivity index (χ1) is 9.29. The molecule has 2 aromatic carbocycles. The number of anilines is 3. The van der Waals surface area contributed by atoms with Crippen molar-refractivity contribution >= 4 is 27.1 Å². The van der Waals surface area contributed by atoms with Crippen LogP contribution < -0.4 is 15.8 Å². The molecule has 0 heterocycles. The molecule has 0 radical (unpaired) electrons. The third-order valence-electron chi connectivity index (χ3n) is 3.07. The van der Waals surface area contributed by atoms with Crippen LogP contribution in [0.3, 0.4) is 0 Å². The van der Waals surface area contributed by atoms with Gasteiger partial charge in [-0.25, -0.2) is 13.6 Å². The summed E-state index contributed by atoms with van der Waals surface area (Å²) in [7, 11) is -2.06. The van der Waals surface area contributed by atoms with Gasteiger partial charge in [0.25, 0.3) is 0 Å². The molecule has 0 atom stereocenters. The van der Waals surface area contributed by atoms with Crippen LogP contribution in [0.2, 0.25) is 0 Å². The van der Waals surface area contributed by atoms with Crippen LogP contribution in [0.1, 0.15) is 5.56 Å². The minimum absolute atomic E-state index is 0.0144. The molecule has 0 aliphatic heterocycles. The molecule has 0 aliphatic rings. The van der Waals surface area contributed by atoms with Gasteiger partial charge in [-0.05, 0) is 37.3 Å². The fourth-order valence-corrected chi connectivity index (χ4v) is 2.74. The number of sulfonamides is 1. The number of nitrogens with zero attached hydrogens (tertiary/aromatic N) is 1. The summed E-state index contributed by atoms with van der Waals surface area (Å²) in [6, 6.07) is 12.4. The Morgan fingerprint density at radius 3 is 2.20 bits per heavy atom. The summed E-state index contributed by atoms with van der Waals surface area (Å²) in [6.07, 6.45) is 0. The second-order valence-electron chi connectivity index (χ2n) is 4.67. The Labute approximate surface area is 118 Å². The first-order valence-electron chi connectivity index (χ1n) is 6.02. The standard InChI is InChI=1S/C14H17N3O2S/c1-10-3-6-12(7-4-10)17(2)13-8-5-11(15)9-14(13)20(16,18)19/h3-9H,15H2,1-2H3,(H2,16,18,19). The van der Waals surface area contributed by atoms with Gasteiger partial charge in [0, 0.05) is 18.4 Å². The Bertz CT molecular complexity index is 725. The monoisotopic (exact) mass is 291 g/mol. The maximum atomic E-state index is 11.7. The highest BCUT2D eigenvalue weighted by molar-refractivity contribution is 7.89. The first-order valence-corrected chi connectivity index (χ1v) is 7.56. The highest BCUT2D eigenvalue weighted by Gasteiger charge is 2.18. The highest BCUT2D eigenvalue weighted by atomic mass is 32.2. The summed E-state index contributed by atoms with van der Waals surface area (Å²) in [6.45, 7) is 1.99. The van der Waals surface area contributed by atoms with Crippen LogP contribution >= 0.6 is 0 Å². The fraction of sp³-hybridized carbons (Fsp3) is 0.143. The van der Waals surface area contributed by atoms with Gasteiger partial charge in [0.05, 0.1) is 5.69 Å². The van der Waals surface area contributed by atoms with E-state index in [2.05, 4.69) is 0 Å². The van der Waals surface area contributed by atoms with E-state index in [0.717, 1.165) is 11.3 Å². The van der Waals surface area contributed by atoms with E-state index in [9.17, 15) is 8.42 Å². The summed E-state index contributed by atoms with van der Waals surface area (Å²) in [4.78, 5) is 1.78. The van der Waals surface area contributed by atoms with Crippen molar-refractivity contribution < 1.29 is 8.42 Å². The lowest BCUT2D eigenvalue weighted by molar-refractivity contribution is 0.598. The number of hydrogen-bond donors (Lipinski definition) is 2. The van der Waals surface area contributed by atoms with Crippen LogP contribution in [-0.4, -0.2) is 15.5 Å². The molecule has 0 unspecified atom stereocenters. The van der Waals surface area contributed by atoms with Gasteiger partial charge >= 0.3 is 0 Å². The molecule has 20 heavy (non-hydrogen) atoms. The molecule has 0 aliphatic carbocycles. The predicted molar refractivity (Wildman–Crippen MR) is 81.5 cm³/mol. The zero-order valence-electron chi connectivity index (χ0n) is 11.4. The van der Waals surface area contributed by atoms with Crippen molar-refractivity contribution in [3.8, 4) is 0 Å². The molecular formula is C14H17N3O2S. The summed E-state index contributed by atoms with van der Waals surface area (Å²) < 4.78 is 23.4. The van der Waals surface area contributed by atoms with E-state index in [1.807, 2.05) is 31.2 Å². The quantitative estimate of drug-likeness (QED) is 0.846. The van der Waals surface area contributed by atoms with Crippen molar-refractivity contribution in [1.29, 1.82) is 0 Å². The first kappa shape index (κ1) is 14.4. The molecule has 0 saturated heterocycles. The van der Waals surface area contributed by atoms with Crippen LogP contribution in [-0.2, 0) is 10.0 Å². The van der Waals surface area contributed by atoms with E-state index in [1.165, 1.54) is 6.07 Å². The zero-order valence-corrected chi connectivity index (χ0v) is 12.2. The van der Waals surface area contributed by atoms with Gasteiger partial charge in [-0.15, -0.1) is 0 Å². The van der Waals surface area contributed by atoms with Gasteiger partial charge in [-0.2, -0.15) is 0 Å². The van der Waals surface area contributed by atoms with Crippen LogP contribution in [0.4, 0.5) is 17.1 Å². The highest BCUT2D eigenvalue weighted by Crippen LogP contribution is 2.31. The van der Waals surface area contributed by atoms with Crippen molar-refractivity contribution in [2.75, 3.05) is 17.7 Å². The predicted octanol–water partition coefficient (Wildman–Crippen LogP) is 1.99. The largest absolute Gasteiger partial charge is 0.399 e. The second kappa shape index (κ2) is 5.15. The molecule has 2 rings (SSSR count). The maximum Gasteiger partial charge on any atom is 0.240 e. The summed E-state index contributed by atoms with van der Waals surface area (Å²) >= 11 is 0. The van der Waals surface area contributed by atoms with E-state index < -0.39 is 10.0 Å². The van der Waals surface area contributed by atoms with Gasteiger partial charge in [0.1, 0.15) is 4.90 Å². The van der Waals surface area contributed by atoms with Gasteiger partial charge in [-0.3, -0.25) is 0 Å². The average molecular weight is 291 g/mol. The smallest absolute Gasteiger partial charge is 0.240 e. The molecular weight excluding hydrogens is 274 g/mol. The molecule has 5 nitrogen and oxygen atoms in total. The molecule has 0 amide bonds. The summed E-state index contributed by atoms with van der Waals surface area (Å²) in [5, 5.41) is 5.26. The number of nitrogen functional groups attached to an aromatic ring is 1. The molecule has 0 fully saturated rings. The fourth-order valence-electron chi connectivity index (χ4n) is 1.94. The maximum absolute atomic E-state index is 11.7. The van der Waals surface area contributed by atoms with Crippen molar-refractivity contribution in [2.24, 2.45) is 5.14 Å². The number of benzene rings is 2. The van der Waals surface area contributed by atoms with Gasteiger partial charge in [0.15, 0.2) is 0 Å². The van der Waals surface area contributed by atoms with Crippen molar-refractivity contribution in [2.45, 2.75) is 11.8 Å². The lowest BCUT2D eigenvalue weighted by Gasteiger charge is -2.22. The Kier molecular flexibility index (Phi) is 3.69. The molecule has 2 aromatic rings. The topological polar surface area (TPSA) is 89.4 Å². The number of hydrogen-bond acceptors (Lipinski definition) is 4. The Balaban J connectivity index is 2.55. The van der Waals surface area contributed by atoms with Crippen molar-refractivity contribution in [3.05, 3.63) is 48.0 Å². The minimum atomic E-state index is -3.84. The lowest BCUT2D eigenvalue weighted by Crippen LogP contribution is -2.19. The lowest BCUT2D eigenvalue weighted by atomic mass is 10.2. The van der Waals surface area contributed by atoms with Gasteiger partial charge in [0.2, 0.25) is 10.0 Å². The summed E-state index contributed by atoms with van der Waals surface area (Å²) in [5.41, 5.74) is 8.49. The van der Waals surface area contributed by atoms with Crippen LogP contribution in [0.15, 0.2) is 47.4 Å². The van der Waals surface area contributed by atoms with Crippen LogP contribution in [0.5, 0.6) is 0 Å². The number of primary sulfonamides is 1. The van der Waals surface area contributed by atoms with E-state index >= 15 is 0 Å². The molecule has 0 bridgehead atoms. The number of nitrogens with two attached hydrogens (primary N) is 2. The molecule has 0 saturated carbocycles. The molecule has 0 aromatic heterocycles. The van der Waals surface area contributed by atoms with Crippen LogP contribution in [0.25, 0.3) is 0 Å². The molecule has 6 heteroatoms. The average Bonchev–Trinajstić information content (AvgIpc) is 2.38. The molecule has 106 valence electrons. The normalized spacial score (nSPS) is 11.3. The number of aryl methyl sites for hydroxylation is 1. The Morgan fingerprint density at radius 1 is 1.05 bits per heavy atom. The Morgan fingerprint density at radius 2 is 1.65 bits per heavy atom. The number of rotatable bonds is 3. The molecule has 4 N–H and O–H groups in total. The third kappa shape index (κ3) is 2.92. The minimum Gasteiger partial charge on any atom is -0.399 e. The van der Waals surface area contributed by atoms with E-state index in [0.29, 0.717) is 11.4 Å². The second-order valence-corrected chi connectivity index (χ2v) is 6.20. The Hall–Kier alpha value is -2.05. The zero-order chi connectivity index (χ0) is 14.9. The van der Waals surface area contributed by atoms with E-state index in [4.69, 9.17) is 10.9 Å². The van der Waals surface area contributed by atoms with Crippen LogP contribution in [0, 0.1) is 6.92 Å². The SMILES string of the molecule is Cc1ccc(N(C)c2ccc(N)cc2S(N)(=O)=O)cc1. The summed E-state index contributed by atoms with van der Waals surface area (Å²) in [5.74, 6) is 0. The molecule has 0 spiro atoms. The van der Waals surface area contributed by atoms with Gasteiger partial charge in [-0.1, -0.05) is 17.7 Å².